The summed E-state index contributed by atoms with van der Waals surface area (Å²) in [5.41, 5.74) is 1.57. The van der Waals surface area contributed by atoms with Crippen LogP contribution in [0.25, 0.3) is 11.3 Å². The molecule has 1 aromatic carbocycles. The molecule has 2 heterocycles. The minimum Gasteiger partial charge on any atom is -1.00 e. The van der Waals surface area contributed by atoms with E-state index in [1.807, 2.05) is 36.0 Å². The summed E-state index contributed by atoms with van der Waals surface area (Å²) in [6.07, 6.45) is 6.28. The molecule has 136 valence electrons. The number of pyridine rings is 1. The first-order chi connectivity index (χ1) is 12.2. The monoisotopic (exact) mass is 435 g/mol. The van der Waals surface area contributed by atoms with Crippen LogP contribution in [0.3, 0.4) is 0 Å². The van der Waals surface area contributed by atoms with Crippen LogP contribution in [0.15, 0.2) is 60.2 Å². The molecule has 2 aromatic heterocycles. The van der Waals surface area contributed by atoms with Crippen LogP contribution in [0.5, 0.6) is 0 Å². The number of carbonyl (C=O) groups excluding carboxylic acids is 1. The molecule has 4 nitrogen and oxygen atoms in total. The average molecular weight is 436 g/mol. The van der Waals surface area contributed by atoms with E-state index >= 15 is 0 Å². The van der Waals surface area contributed by atoms with Gasteiger partial charge < -0.3 is 22.3 Å². The van der Waals surface area contributed by atoms with E-state index in [2.05, 4.69) is 14.9 Å². The molecule has 0 spiro atoms. The lowest BCUT2D eigenvalue weighted by atomic mass is 10.2. The Balaban J connectivity index is 0.00000243. The molecule has 0 radical (unpaired) electrons. The van der Waals surface area contributed by atoms with Gasteiger partial charge in [-0.1, -0.05) is 6.07 Å². The summed E-state index contributed by atoms with van der Waals surface area (Å²) in [5, 5.41) is 5.26. The highest BCUT2D eigenvalue weighted by Crippen LogP contribution is 2.25. The fourth-order valence-electron chi connectivity index (χ4n) is 2.43. The van der Waals surface area contributed by atoms with Crippen LogP contribution < -0.4 is 26.9 Å². The molecule has 0 saturated carbocycles. The summed E-state index contributed by atoms with van der Waals surface area (Å²) in [5.74, 6) is -0.306. The Bertz CT molecular complexity index is 824. The fraction of sp³-hybridized carbons (Fsp3) is 0.211. The maximum atomic E-state index is 13.0. The quantitative estimate of drug-likeness (QED) is 0.445. The van der Waals surface area contributed by atoms with E-state index in [-0.39, 0.29) is 28.7 Å². The van der Waals surface area contributed by atoms with Gasteiger partial charge in [0.2, 0.25) is 5.91 Å². The van der Waals surface area contributed by atoms with Gasteiger partial charge in [-0.25, -0.2) is 13.9 Å². The summed E-state index contributed by atoms with van der Waals surface area (Å²) in [6.45, 7) is 0.903. The summed E-state index contributed by atoms with van der Waals surface area (Å²) in [6, 6.07) is 12.1. The number of hydrogen-bond donors (Lipinski definition) is 1. The highest BCUT2D eigenvalue weighted by Gasteiger charge is 2.09. The number of benzene rings is 1. The number of rotatable bonds is 7. The maximum absolute atomic E-state index is 13.0. The second-order valence-electron chi connectivity index (χ2n) is 5.66. The number of carbonyl (C=O) groups is 1. The third-order valence-electron chi connectivity index (χ3n) is 3.74. The van der Waals surface area contributed by atoms with Crippen LogP contribution in [0.2, 0.25) is 0 Å². The number of thiazole rings is 1. The Morgan fingerprint density at radius 2 is 1.85 bits per heavy atom. The van der Waals surface area contributed by atoms with E-state index in [9.17, 15) is 9.18 Å². The van der Waals surface area contributed by atoms with Crippen LogP contribution in [0.4, 0.5) is 9.52 Å². The summed E-state index contributed by atoms with van der Waals surface area (Å²) < 4.78 is 15.1. The second kappa shape index (κ2) is 10.1. The molecule has 3 rings (SSSR count). The molecule has 1 amide bonds. The third-order valence-corrected chi connectivity index (χ3v) is 4.50. The van der Waals surface area contributed by atoms with Gasteiger partial charge in [0.15, 0.2) is 17.5 Å². The molecular weight excluding hydrogens is 417 g/mol. The Morgan fingerprint density at radius 1 is 1.12 bits per heavy atom. The van der Waals surface area contributed by atoms with E-state index in [0.29, 0.717) is 11.6 Å². The predicted molar refractivity (Wildman–Crippen MR) is 96.6 cm³/mol. The van der Waals surface area contributed by atoms with Crippen molar-refractivity contribution in [2.24, 2.45) is 0 Å². The first-order valence-electron chi connectivity index (χ1n) is 8.16. The fourth-order valence-corrected chi connectivity index (χ4v) is 3.17. The summed E-state index contributed by atoms with van der Waals surface area (Å²) >= 11 is 1.37. The van der Waals surface area contributed by atoms with Crippen molar-refractivity contribution in [2.75, 3.05) is 5.32 Å². The SMILES string of the molecule is O=C(CCCC[n+]1ccccc1)Nc1nc(-c2ccc(F)cc2)cs1.[Br-]. The van der Waals surface area contributed by atoms with Crippen molar-refractivity contribution in [3.05, 3.63) is 66.1 Å². The highest BCUT2D eigenvalue weighted by molar-refractivity contribution is 7.14. The molecule has 0 fully saturated rings. The van der Waals surface area contributed by atoms with Crippen LogP contribution >= 0.6 is 11.3 Å². The van der Waals surface area contributed by atoms with Crippen LogP contribution in [-0.2, 0) is 11.3 Å². The van der Waals surface area contributed by atoms with Crippen molar-refractivity contribution in [3.63, 3.8) is 0 Å². The van der Waals surface area contributed by atoms with Gasteiger partial charge in [0.1, 0.15) is 12.4 Å². The van der Waals surface area contributed by atoms with E-state index in [1.54, 1.807) is 12.1 Å². The van der Waals surface area contributed by atoms with Crippen LogP contribution in [0.1, 0.15) is 19.3 Å². The van der Waals surface area contributed by atoms with Gasteiger partial charge in [-0.15, -0.1) is 11.3 Å². The van der Waals surface area contributed by atoms with E-state index in [0.717, 1.165) is 30.6 Å². The van der Waals surface area contributed by atoms with Crippen molar-refractivity contribution in [2.45, 2.75) is 25.8 Å². The normalized spacial score (nSPS) is 10.2. The largest absolute Gasteiger partial charge is 1.00 e. The minimum absolute atomic E-state index is 0. The van der Waals surface area contributed by atoms with E-state index in [1.165, 1.54) is 23.5 Å². The number of nitrogens with zero attached hydrogens (tertiary/aromatic N) is 2. The predicted octanol–water partition coefficient (Wildman–Crippen LogP) is 1.05. The number of halogens is 2. The number of hydrogen-bond acceptors (Lipinski definition) is 3. The third kappa shape index (κ3) is 6.00. The summed E-state index contributed by atoms with van der Waals surface area (Å²) in [7, 11) is 0. The van der Waals surface area contributed by atoms with Crippen molar-refractivity contribution in [1.29, 1.82) is 0 Å². The molecule has 0 aliphatic carbocycles. The molecule has 0 bridgehead atoms. The van der Waals surface area contributed by atoms with Crippen LogP contribution in [-0.4, -0.2) is 10.9 Å². The molecule has 0 unspecified atom stereocenters. The number of unbranched alkanes of at least 4 members (excludes halogenated alkanes) is 1. The lowest BCUT2D eigenvalue weighted by molar-refractivity contribution is -0.697. The van der Waals surface area contributed by atoms with E-state index in [4.69, 9.17) is 0 Å². The van der Waals surface area contributed by atoms with Crippen molar-refractivity contribution < 1.29 is 30.7 Å². The van der Waals surface area contributed by atoms with Crippen molar-refractivity contribution in [3.8, 4) is 11.3 Å². The lowest BCUT2D eigenvalue weighted by Crippen LogP contribution is -3.00. The molecule has 0 atom stereocenters. The van der Waals surface area contributed by atoms with Gasteiger partial charge in [0.05, 0.1) is 5.69 Å². The number of anilines is 1. The topological polar surface area (TPSA) is 45.9 Å². The molecule has 26 heavy (non-hydrogen) atoms. The molecule has 7 heteroatoms. The summed E-state index contributed by atoms with van der Waals surface area (Å²) in [4.78, 5) is 16.4. The van der Waals surface area contributed by atoms with Gasteiger partial charge in [0, 0.05) is 35.9 Å². The first-order valence-corrected chi connectivity index (χ1v) is 9.04. The van der Waals surface area contributed by atoms with Gasteiger partial charge in [-0.3, -0.25) is 4.79 Å². The molecular formula is C19H19BrFN3OS. The van der Waals surface area contributed by atoms with Gasteiger partial charge >= 0.3 is 0 Å². The number of aromatic nitrogens is 2. The highest BCUT2D eigenvalue weighted by atomic mass is 79.9. The minimum atomic E-state index is -0.277. The average Bonchev–Trinajstić information content (AvgIpc) is 3.09. The van der Waals surface area contributed by atoms with Gasteiger partial charge in [0.25, 0.3) is 0 Å². The zero-order chi connectivity index (χ0) is 17.5. The number of aryl methyl sites for hydroxylation is 1. The standard InChI is InChI=1S/C19H18FN3OS.BrH/c20-16-9-7-15(8-10-16)17-14-25-19(21-17)22-18(24)6-2-5-13-23-11-3-1-4-12-23;/h1,3-4,7-12,14H,2,5-6,13H2;1H. The van der Waals surface area contributed by atoms with E-state index < -0.39 is 0 Å². The lowest BCUT2D eigenvalue weighted by Gasteiger charge is -2.01. The van der Waals surface area contributed by atoms with Crippen molar-refractivity contribution >= 4 is 22.4 Å². The molecule has 0 saturated heterocycles. The zero-order valence-electron chi connectivity index (χ0n) is 14.1. The van der Waals surface area contributed by atoms with Crippen LogP contribution in [0, 0.1) is 5.82 Å². The molecule has 3 aromatic rings. The second-order valence-corrected chi connectivity index (χ2v) is 6.52. The number of nitrogens with one attached hydrogen (secondary N) is 1. The van der Waals surface area contributed by atoms with Gasteiger partial charge in [-0.05, 0) is 30.7 Å². The maximum Gasteiger partial charge on any atom is 0.226 e. The molecule has 1 N–H and O–H groups in total. The smallest absolute Gasteiger partial charge is 0.226 e. The van der Waals surface area contributed by atoms with Crippen molar-refractivity contribution in [1.82, 2.24) is 4.98 Å². The molecule has 0 aliphatic rings. The Morgan fingerprint density at radius 3 is 2.58 bits per heavy atom. The zero-order valence-corrected chi connectivity index (χ0v) is 16.5. The first kappa shape index (κ1) is 20.2. The Kier molecular flexibility index (Phi) is 7.87. The number of amides is 1. The molecule has 0 aliphatic heterocycles. The Hall–Kier alpha value is -2.12. The van der Waals surface area contributed by atoms with Gasteiger partial charge in [-0.2, -0.15) is 0 Å². The Labute approximate surface area is 166 Å².